The molecule has 0 bridgehead atoms. The molecular formula is C17H14F3N5O2. The van der Waals surface area contributed by atoms with Crippen LogP contribution in [0.25, 0.3) is 5.69 Å². The largest absolute Gasteiger partial charge is 0.457 e. The highest BCUT2D eigenvalue weighted by atomic mass is 19.3. The molecule has 0 radical (unpaired) electrons. The van der Waals surface area contributed by atoms with Gasteiger partial charge in [-0.3, -0.25) is 4.79 Å². The Morgan fingerprint density at radius 3 is 2.67 bits per heavy atom. The number of hydrogen-bond donors (Lipinski definition) is 0. The van der Waals surface area contributed by atoms with Gasteiger partial charge >= 0.3 is 6.01 Å². The van der Waals surface area contributed by atoms with Crippen LogP contribution in [0.2, 0.25) is 0 Å². The molecule has 2 heterocycles. The van der Waals surface area contributed by atoms with Gasteiger partial charge in [0.1, 0.15) is 18.1 Å². The van der Waals surface area contributed by atoms with Gasteiger partial charge < -0.3 is 4.74 Å². The van der Waals surface area contributed by atoms with E-state index in [-0.39, 0.29) is 24.1 Å². The van der Waals surface area contributed by atoms with Gasteiger partial charge in [0.15, 0.2) is 5.78 Å². The molecule has 140 valence electrons. The number of halogens is 3. The number of ether oxygens (including phenoxy) is 1. The second-order valence-electron chi connectivity index (χ2n) is 5.48. The quantitative estimate of drug-likeness (QED) is 0.588. The zero-order valence-electron chi connectivity index (χ0n) is 14.1. The van der Waals surface area contributed by atoms with Gasteiger partial charge in [0.25, 0.3) is 6.43 Å². The summed E-state index contributed by atoms with van der Waals surface area (Å²) < 4.78 is 45.6. The summed E-state index contributed by atoms with van der Waals surface area (Å²) in [6.45, 7) is 1.71. The highest BCUT2D eigenvalue weighted by molar-refractivity contribution is 5.95. The number of carbonyl (C=O) groups is 1. The minimum absolute atomic E-state index is 0.0238. The van der Waals surface area contributed by atoms with Crippen LogP contribution in [0.15, 0.2) is 36.8 Å². The molecule has 0 aliphatic heterocycles. The van der Waals surface area contributed by atoms with Crippen LogP contribution in [0.5, 0.6) is 6.01 Å². The van der Waals surface area contributed by atoms with E-state index >= 15 is 0 Å². The van der Waals surface area contributed by atoms with Crippen LogP contribution in [0.4, 0.5) is 13.2 Å². The van der Waals surface area contributed by atoms with Crippen LogP contribution in [0.3, 0.4) is 0 Å². The normalized spacial score (nSPS) is 11.0. The first kappa shape index (κ1) is 18.5. The predicted molar refractivity (Wildman–Crippen MR) is 87.3 cm³/mol. The number of ketones is 1. The van der Waals surface area contributed by atoms with Crippen molar-refractivity contribution in [3.63, 3.8) is 0 Å². The van der Waals surface area contributed by atoms with Gasteiger partial charge in [-0.2, -0.15) is 0 Å². The molecule has 0 amide bonds. The lowest BCUT2D eigenvalue weighted by molar-refractivity contribution is 0.0987. The molecule has 7 nitrogen and oxygen atoms in total. The number of benzene rings is 1. The van der Waals surface area contributed by atoms with Crippen molar-refractivity contribution >= 4 is 5.78 Å². The van der Waals surface area contributed by atoms with Crippen LogP contribution in [-0.2, 0) is 6.61 Å². The number of Topliss-reactive ketones (excluding diaryl/α,β-unsaturated/α-hetero) is 1. The summed E-state index contributed by atoms with van der Waals surface area (Å²) in [7, 11) is 0. The molecule has 0 aliphatic rings. The molecule has 0 atom stereocenters. The minimum atomic E-state index is -2.93. The Morgan fingerprint density at radius 2 is 2.00 bits per heavy atom. The Kier molecular flexibility index (Phi) is 5.43. The topological polar surface area (TPSA) is 82.8 Å². The van der Waals surface area contributed by atoms with E-state index in [2.05, 4.69) is 20.3 Å². The van der Waals surface area contributed by atoms with Crippen molar-refractivity contribution in [1.82, 2.24) is 25.0 Å². The maximum absolute atomic E-state index is 13.4. The lowest BCUT2D eigenvalue weighted by Crippen LogP contribution is -2.03. The molecule has 0 saturated heterocycles. The molecule has 0 saturated carbocycles. The minimum Gasteiger partial charge on any atom is -0.457 e. The molecule has 2 aromatic heterocycles. The molecule has 3 rings (SSSR count). The molecule has 0 spiro atoms. The Bertz CT molecular complexity index is 944. The summed E-state index contributed by atoms with van der Waals surface area (Å²) >= 11 is 0. The highest BCUT2D eigenvalue weighted by Crippen LogP contribution is 2.24. The van der Waals surface area contributed by atoms with E-state index in [1.54, 1.807) is 6.92 Å². The monoisotopic (exact) mass is 377 g/mol. The second-order valence-corrected chi connectivity index (χ2v) is 5.48. The van der Waals surface area contributed by atoms with Gasteiger partial charge in [-0.1, -0.05) is 12.1 Å². The van der Waals surface area contributed by atoms with Gasteiger partial charge in [-0.05, 0) is 18.2 Å². The van der Waals surface area contributed by atoms with E-state index in [1.807, 2.05) is 0 Å². The Balaban J connectivity index is 1.68. The Labute approximate surface area is 151 Å². The van der Waals surface area contributed by atoms with Crippen LogP contribution in [0.1, 0.15) is 41.4 Å². The van der Waals surface area contributed by atoms with Crippen molar-refractivity contribution in [2.75, 3.05) is 0 Å². The Hall–Kier alpha value is -3.30. The zero-order chi connectivity index (χ0) is 19.4. The summed E-state index contributed by atoms with van der Waals surface area (Å²) in [6.07, 6.45) is 1.61. The van der Waals surface area contributed by atoms with Gasteiger partial charge in [0.05, 0.1) is 23.0 Å². The van der Waals surface area contributed by atoms with E-state index in [1.165, 1.54) is 29.3 Å². The lowest BCUT2D eigenvalue weighted by Gasteiger charge is -2.05. The first-order valence-electron chi connectivity index (χ1n) is 7.95. The second kappa shape index (κ2) is 7.94. The van der Waals surface area contributed by atoms with E-state index in [9.17, 15) is 18.0 Å². The van der Waals surface area contributed by atoms with Gasteiger partial charge in [0, 0.05) is 18.8 Å². The number of alkyl halides is 2. The van der Waals surface area contributed by atoms with Gasteiger partial charge in [0.2, 0.25) is 0 Å². The zero-order valence-corrected chi connectivity index (χ0v) is 14.1. The van der Waals surface area contributed by atoms with Crippen LogP contribution >= 0.6 is 0 Å². The molecule has 0 fully saturated rings. The van der Waals surface area contributed by atoms with Gasteiger partial charge in [-0.15, -0.1) is 5.10 Å². The summed E-state index contributed by atoms with van der Waals surface area (Å²) in [6, 6.07) is 3.32. The van der Waals surface area contributed by atoms with Crippen LogP contribution in [-0.4, -0.2) is 30.7 Å². The third kappa shape index (κ3) is 4.27. The maximum Gasteiger partial charge on any atom is 0.316 e. The number of rotatable bonds is 7. The fraction of sp³-hybridized carbons (Fsp3) is 0.235. The smallest absolute Gasteiger partial charge is 0.316 e. The summed E-state index contributed by atoms with van der Waals surface area (Å²) in [5.41, 5.74) is 0.303. The summed E-state index contributed by atoms with van der Waals surface area (Å²) in [5.74, 6) is -1.06. The van der Waals surface area contributed by atoms with Crippen molar-refractivity contribution in [3.05, 3.63) is 59.4 Å². The fourth-order valence-electron chi connectivity index (χ4n) is 2.21. The number of hydrogen-bond acceptors (Lipinski definition) is 6. The van der Waals surface area contributed by atoms with Crippen molar-refractivity contribution in [3.8, 4) is 11.7 Å². The molecule has 3 aromatic rings. The number of carbonyl (C=O) groups excluding carboxylic acids is 1. The summed E-state index contributed by atoms with van der Waals surface area (Å²) in [5, 5.41) is 7.67. The standard InChI is InChI=1S/C17H14F3N5O2/c1-2-15(26)10-6-21-17(22-7-10)27-9-11-8-25(24-23-11)12-3-4-14(18)13(5-12)16(19)20/h3-8,16H,2,9H2,1H3. The van der Waals surface area contributed by atoms with Crippen molar-refractivity contribution in [2.24, 2.45) is 0 Å². The van der Waals surface area contributed by atoms with Crippen molar-refractivity contribution < 1.29 is 22.7 Å². The van der Waals surface area contributed by atoms with Crippen LogP contribution in [0, 0.1) is 5.82 Å². The van der Waals surface area contributed by atoms with Crippen molar-refractivity contribution in [2.45, 2.75) is 26.4 Å². The molecule has 27 heavy (non-hydrogen) atoms. The average Bonchev–Trinajstić information content (AvgIpc) is 3.15. The SMILES string of the molecule is CCC(=O)c1cnc(OCc2cn(-c3ccc(F)c(C(F)F)c3)nn2)nc1. The highest BCUT2D eigenvalue weighted by Gasteiger charge is 2.15. The fourth-order valence-corrected chi connectivity index (χ4v) is 2.21. The molecular weight excluding hydrogens is 363 g/mol. The third-order valence-corrected chi connectivity index (χ3v) is 3.64. The van der Waals surface area contributed by atoms with Crippen LogP contribution < -0.4 is 4.74 Å². The van der Waals surface area contributed by atoms with E-state index < -0.39 is 17.8 Å². The molecule has 10 heteroatoms. The average molecular weight is 377 g/mol. The first-order chi connectivity index (χ1) is 13.0. The van der Waals surface area contributed by atoms with E-state index in [0.717, 1.165) is 12.1 Å². The molecule has 0 aliphatic carbocycles. The Morgan fingerprint density at radius 1 is 1.26 bits per heavy atom. The molecule has 1 aromatic carbocycles. The first-order valence-corrected chi connectivity index (χ1v) is 7.95. The maximum atomic E-state index is 13.4. The number of nitrogens with zero attached hydrogens (tertiary/aromatic N) is 5. The number of aromatic nitrogens is 5. The van der Waals surface area contributed by atoms with E-state index in [4.69, 9.17) is 4.74 Å². The molecule has 0 unspecified atom stereocenters. The van der Waals surface area contributed by atoms with Gasteiger partial charge in [-0.25, -0.2) is 27.8 Å². The summed E-state index contributed by atoms with van der Waals surface area (Å²) in [4.78, 5) is 19.4. The lowest BCUT2D eigenvalue weighted by atomic mass is 10.2. The molecule has 0 N–H and O–H groups in total. The predicted octanol–water partition coefficient (Wildman–Crippen LogP) is 3.31. The van der Waals surface area contributed by atoms with E-state index in [0.29, 0.717) is 17.7 Å². The third-order valence-electron chi connectivity index (χ3n) is 3.64. The van der Waals surface area contributed by atoms with Crippen molar-refractivity contribution in [1.29, 1.82) is 0 Å².